The van der Waals surface area contributed by atoms with Crippen LogP contribution in [-0.4, -0.2) is 46.8 Å². The fraction of sp³-hybridized carbons (Fsp3) is 0.261. The Hall–Kier alpha value is -3.65. The van der Waals surface area contributed by atoms with E-state index in [4.69, 9.17) is 9.47 Å². The second kappa shape index (κ2) is 9.01. The molecule has 1 atom stereocenters. The number of hydrogen-bond donors (Lipinski definition) is 2. The Kier molecular flexibility index (Phi) is 5.99. The minimum atomic E-state index is -0.318. The summed E-state index contributed by atoms with van der Waals surface area (Å²) in [6.07, 6.45) is 3.32. The molecule has 3 heterocycles. The monoisotopic (exact) mass is 420 g/mol. The Morgan fingerprint density at radius 3 is 2.77 bits per heavy atom. The molecule has 31 heavy (non-hydrogen) atoms. The number of rotatable bonds is 6. The van der Waals surface area contributed by atoms with Crippen LogP contribution in [0.3, 0.4) is 0 Å². The van der Waals surface area contributed by atoms with E-state index in [2.05, 4.69) is 15.3 Å². The van der Waals surface area contributed by atoms with Crippen LogP contribution in [0.5, 0.6) is 11.6 Å². The number of para-hydroxylation sites is 1. The molecule has 2 N–H and O–H groups in total. The summed E-state index contributed by atoms with van der Waals surface area (Å²) in [6.45, 7) is 4.49. The van der Waals surface area contributed by atoms with E-state index in [1.54, 1.807) is 36.7 Å². The van der Waals surface area contributed by atoms with E-state index in [9.17, 15) is 9.90 Å². The van der Waals surface area contributed by atoms with Gasteiger partial charge in [-0.1, -0.05) is 12.1 Å². The molecule has 8 heteroatoms. The summed E-state index contributed by atoms with van der Waals surface area (Å²) in [5.74, 6) is 1.31. The van der Waals surface area contributed by atoms with Crippen LogP contribution in [0.4, 0.5) is 17.2 Å². The average molecular weight is 420 g/mol. The fourth-order valence-corrected chi connectivity index (χ4v) is 3.43. The number of nitrogens with one attached hydrogen (secondary N) is 1. The maximum absolute atomic E-state index is 13.0. The minimum absolute atomic E-state index is 0.108. The van der Waals surface area contributed by atoms with Crippen molar-refractivity contribution in [2.75, 3.05) is 30.0 Å². The molecule has 1 aliphatic heterocycles. The molecule has 0 bridgehead atoms. The first-order valence-electron chi connectivity index (χ1n) is 10.1. The van der Waals surface area contributed by atoms with Gasteiger partial charge in [0, 0.05) is 12.3 Å². The number of ether oxygens (including phenoxy) is 2. The van der Waals surface area contributed by atoms with E-state index in [0.717, 1.165) is 5.56 Å². The molecule has 3 aromatic rings. The zero-order valence-electron chi connectivity index (χ0n) is 17.4. The first-order valence-corrected chi connectivity index (χ1v) is 10.1. The molecule has 0 spiro atoms. The van der Waals surface area contributed by atoms with Crippen LogP contribution < -0.4 is 19.7 Å². The first kappa shape index (κ1) is 20.6. The fourth-order valence-electron chi connectivity index (χ4n) is 3.43. The van der Waals surface area contributed by atoms with Crippen LogP contribution >= 0.6 is 0 Å². The number of aromatic nitrogens is 2. The number of fused-ring (bicyclic) bond motifs is 1. The van der Waals surface area contributed by atoms with Crippen molar-refractivity contribution in [2.45, 2.75) is 19.9 Å². The summed E-state index contributed by atoms with van der Waals surface area (Å²) in [5.41, 5.74) is 2.65. The van der Waals surface area contributed by atoms with Crippen LogP contribution in [0.1, 0.15) is 22.8 Å². The SMILES string of the molecule is CCOc1ccc(NC(=O)c2cccc3c2OCC(CO)N3c2ccc(C)cn2)cn1. The highest BCUT2D eigenvalue weighted by Crippen LogP contribution is 2.40. The summed E-state index contributed by atoms with van der Waals surface area (Å²) in [7, 11) is 0. The molecule has 2 aromatic heterocycles. The molecule has 0 saturated heterocycles. The van der Waals surface area contributed by atoms with E-state index in [1.165, 1.54) is 0 Å². The number of carbonyl (C=O) groups is 1. The number of anilines is 3. The molecular formula is C23H24N4O4. The smallest absolute Gasteiger partial charge is 0.259 e. The standard InChI is InChI=1S/C23H24N4O4/c1-3-30-21-10-8-16(12-25-21)26-23(29)18-5-4-6-19-22(18)31-14-17(13-28)27(19)20-9-7-15(2)11-24-20/h4-12,17,28H,3,13-14H2,1-2H3,(H,26,29). The molecule has 0 aliphatic carbocycles. The van der Waals surface area contributed by atoms with Gasteiger partial charge in [-0.25, -0.2) is 9.97 Å². The number of aliphatic hydroxyl groups is 1. The van der Waals surface area contributed by atoms with E-state index in [-0.39, 0.29) is 25.2 Å². The number of hydrogen-bond acceptors (Lipinski definition) is 7. The number of carbonyl (C=O) groups excluding carboxylic acids is 1. The first-order chi connectivity index (χ1) is 15.1. The maximum Gasteiger partial charge on any atom is 0.259 e. The van der Waals surface area contributed by atoms with Crippen molar-refractivity contribution in [1.29, 1.82) is 0 Å². The van der Waals surface area contributed by atoms with Crippen molar-refractivity contribution in [3.8, 4) is 11.6 Å². The summed E-state index contributed by atoms with van der Waals surface area (Å²) in [6, 6.07) is 12.3. The number of benzene rings is 1. The van der Waals surface area contributed by atoms with Crippen molar-refractivity contribution >= 4 is 23.1 Å². The third-order valence-electron chi connectivity index (χ3n) is 4.92. The van der Waals surface area contributed by atoms with Gasteiger partial charge in [-0.3, -0.25) is 4.79 Å². The lowest BCUT2D eigenvalue weighted by Crippen LogP contribution is -2.43. The van der Waals surface area contributed by atoms with Crippen molar-refractivity contribution < 1.29 is 19.4 Å². The Labute approximate surface area is 180 Å². The number of pyridine rings is 2. The van der Waals surface area contributed by atoms with Gasteiger partial charge in [-0.15, -0.1) is 0 Å². The van der Waals surface area contributed by atoms with Gasteiger partial charge < -0.3 is 24.8 Å². The Balaban J connectivity index is 1.64. The van der Waals surface area contributed by atoms with Crippen LogP contribution in [0, 0.1) is 6.92 Å². The molecule has 8 nitrogen and oxygen atoms in total. The zero-order valence-corrected chi connectivity index (χ0v) is 17.4. The normalized spacial score (nSPS) is 15.1. The molecule has 0 fully saturated rings. The van der Waals surface area contributed by atoms with Gasteiger partial charge in [0.05, 0.1) is 42.4 Å². The molecule has 4 rings (SSSR count). The highest BCUT2D eigenvalue weighted by molar-refractivity contribution is 6.07. The molecule has 160 valence electrons. The van der Waals surface area contributed by atoms with E-state index >= 15 is 0 Å². The third-order valence-corrected chi connectivity index (χ3v) is 4.92. The average Bonchev–Trinajstić information content (AvgIpc) is 2.80. The molecule has 1 unspecified atom stereocenters. The summed E-state index contributed by atoms with van der Waals surface area (Å²) >= 11 is 0. The summed E-state index contributed by atoms with van der Waals surface area (Å²) in [4.78, 5) is 23.6. The molecule has 1 aromatic carbocycles. The second-order valence-electron chi connectivity index (χ2n) is 7.14. The molecule has 0 saturated carbocycles. The minimum Gasteiger partial charge on any atom is -0.488 e. The highest BCUT2D eigenvalue weighted by Gasteiger charge is 2.32. The highest BCUT2D eigenvalue weighted by atomic mass is 16.5. The molecule has 1 amide bonds. The quantitative estimate of drug-likeness (QED) is 0.631. The van der Waals surface area contributed by atoms with Gasteiger partial charge in [-0.05, 0) is 43.7 Å². The lowest BCUT2D eigenvalue weighted by Gasteiger charge is -2.37. The van der Waals surface area contributed by atoms with Gasteiger partial charge in [-0.2, -0.15) is 0 Å². The topological polar surface area (TPSA) is 96.8 Å². The van der Waals surface area contributed by atoms with E-state index < -0.39 is 0 Å². The number of nitrogens with zero attached hydrogens (tertiary/aromatic N) is 3. The van der Waals surface area contributed by atoms with Crippen molar-refractivity contribution in [3.05, 3.63) is 66.0 Å². The molecular weight excluding hydrogens is 396 g/mol. The van der Waals surface area contributed by atoms with Gasteiger partial charge >= 0.3 is 0 Å². The van der Waals surface area contributed by atoms with E-state index in [1.807, 2.05) is 36.9 Å². The molecule has 1 aliphatic rings. The van der Waals surface area contributed by atoms with Crippen LogP contribution in [0.15, 0.2) is 54.9 Å². The third kappa shape index (κ3) is 4.29. The van der Waals surface area contributed by atoms with Crippen molar-refractivity contribution in [2.24, 2.45) is 0 Å². The maximum atomic E-state index is 13.0. The van der Waals surface area contributed by atoms with Gasteiger partial charge in [0.25, 0.3) is 5.91 Å². The molecule has 0 radical (unpaired) electrons. The summed E-state index contributed by atoms with van der Waals surface area (Å²) in [5, 5.41) is 12.7. The second-order valence-corrected chi connectivity index (χ2v) is 7.14. The number of amides is 1. The van der Waals surface area contributed by atoms with Crippen molar-refractivity contribution in [1.82, 2.24) is 9.97 Å². The number of aliphatic hydroxyl groups excluding tert-OH is 1. The van der Waals surface area contributed by atoms with Gasteiger partial charge in [0.1, 0.15) is 12.4 Å². The van der Waals surface area contributed by atoms with Crippen molar-refractivity contribution in [3.63, 3.8) is 0 Å². The predicted octanol–water partition coefficient (Wildman–Crippen LogP) is 3.33. The predicted molar refractivity (Wildman–Crippen MR) is 117 cm³/mol. The Morgan fingerprint density at radius 2 is 2.10 bits per heavy atom. The lowest BCUT2D eigenvalue weighted by molar-refractivity contribution is 0.102. The van der Waals surface area contributed by atoms with Crippen LogP contribution in [0.25, 0.3) is 0 Å². The summed E-state index contributed by atoms with van der Waals surface area (Å²) < 4.78 is 11.2. The van der Waals surface area contributed by atoms with E-state index in [0.29, 0.717) is 41.0 Å². The Morgan fingerprint density at radius 1 is 1.23 bits per heavy atom. The van der Waals surface area contributed by atoms with Crippen LogP contribution in [0.2, 0.25) is 0 Å². The van der Waals surface area contributed by atoms with Crippen LogP contribution in [-0.2, 0) is 0 Å². The Bertz CT molecular complexity index is 1050. The zero-order chi connectivity index (χ0) is 21.8. The van der Waals surface area contributed by atoms with Gasteiger partial charge in [0.15, 0.2) is 5.75 Å². The largest absolute Gasteiger partial charge is 0.488 e. The van der Waals surface area contributed by atoms with Gasteiger partial charge in [0.2, 0.25) is 5.88 Å². The number of aryl methyl sites for hydroxylation is 1. The lowest BCUT2D eigenvalue weighted by atomic mass is 10.1.